The molecule has 1 heterocycles. The van der Waals surface area contributed by atoms with Crippen LogP contribution in [0.25, 0.3) is 23.0 Å². The molecule has 0 spiro atoms. The van der Waals surface area contributed by atoms with E-state index in [0.717, 1.165) is 35.4 Å². The molecule has 1 N–H and O–H groups in total. The lowest BCUT2D eigenvalue weighted by molar-refractivity contribution is -0.117. The van der Waals surface area contributed by atoms with Crippen molar-refractivity contribution in [3.8, 4) is 28.8 Å². The van der Waals surface area contributed by atoms with Gasteiger partial charge in [-0.3, -0.25) is 4.79 Å². The minimum Gasteiger partial charge on any atom is -0.494 e. The van der Waals surface area contributed by atoms with Crippen molar-refractivity contribution in [3.05, 3.63) is 108 Å². The zero-order valence-corrected chi connectivity index (χ0v) is 20.2. The number of benzene rings is 3. The van der Waals surface area contributed by atoms with E-state index in [4.69, 9.17) is 9.84 Å². The van der Waals surface area contributed by atoms with Gasteiger partial charge in [0.1, 0.15) is 17.4 Å². The first-order chi connectivity index (χ1) is 17.7. The Morgan fingerprint density at radius 1 is 1.03 bits per heavy atom. The van der Waals surface area contributed by atoms with E-state index < -0.39 is 5.91 Å². The highest BCUT2D eigenvalue weighted by Gasteiger charge is 2.15. The van der Waals surface area contributed by atoms with E-state index in [2.05, 4.69) is 12.2 Å². The van der Waals surface area contributed by atoms with Crippen LogP contribution in [0.3, 0.4) is 0 Å². The first kappa shape index (κ1) is 24.5. The van der Waals surface area contributed by atoms with Crippen molar-refractivity contribution >= 4 is 12.0 Å². The quantitative estimate of drug-likeness (QED) is 0.174. The Kier molecular flexibility index (Phi) is 8.29. The van der Waals surface area contributed by atoms with Crippen LogP contribution in [0.4, 0.5) is 0 Å². The molecule has 0 saturated heterocycles. The van der Waals surface area contributed by atoms with E-state index in [9.17, 15) is 10.1 Å². The van der Waals surface area contributed by atoms with Crippen molar-refractivity contribution in [3.63, 3.8) is 0 Å². The molecule has 6 heteroatoms. The highest BCUT2D eigenvalue weighted by Crippen LogP contribution is 2.27. The summed E-state index contributed by atoms with van der Waals surface area (Å²) in [6.45, 7) is 3.15. The number of carbonyl (C=O) groups is 1. The number of nitriles is 1. The van der Waals surface area contributed by atoms with Gasteiger partial charge in [0.15, 0.2) is 0 Å². The van der Waals surface area contributed by atoms with E-state index in [1.165, 1.54) is 0 Å². The van der Waals surface area contributed by atoms with Crippen LogP contribution in [0.2, 0.25) is 0 Å². The molecular formula is C30H28N4O2. The monoisotopic (exact) mass is 476 g/mol. The Morgan fingerprint density at radius 2 is 1.72 bits per heavy atom. The number of hydrogen-bond acceptors (Lipinski definition) is 4. The maximum atomic E-state index is 12.8. The van der Waals surface area contributed by atoms with Crippen molar-refractivity contribution in [1.82, 2.24) is 15.1 Å². The number of rotatable bonds is 10. The van der Waals surface area contributed by atoms with Crippen molar-refractivity contribution < 1.29 is 9.53 Å². The average Bonchev–Trinajstić information content (AvgIpc) is 3.36. The number of ether oxygens (including phenoxy) is 1. The summed E-state index contributed by atoms with van der Waals surface area (Å²) in [7, 11) is 0. The number of nitrogens with one attached hydrogen (secondary N) is 1. The Balaban J connectivity index is 1.64. The maximum absolute atomic E-state index is 12.8. The lowest BCUT2D eigenvalue weighted by Crippen LogP contribution is -2.23. The smallest absolute Gasteiger partial charge is 0.262 e. The van der Waals surface area contributed by atoms with Crippen LogP contribution in [0.5, 0.6) is 5.75 Å². The molecular weight excluding hydrogens is 448 g/mol. The SMILES string of the molecule is CCCCOc1ccc(-c2nn(-c3ccccc3)cc2C=C(C#N)C(=O)NCc2ccccc2)cc1. The van der Waals surface area contributed by atoms with Crippen LogP contribution in [-0.4, -0.2) is 22.3 Å². The molecule has 1 aromatic heterocycles. The number of unbranched alkanes of at least 4 members (excludes halogenated alkanes) is 1. The molecule has 3 aromatic carbocycles. The largest absolute Gasteiger partial charge is 0.494 e. The highest BCUT2D eigenvalue weighted by molar-refractivity contribution is 6.02. The van der Waals surface area contributed by atoms with Crippen molar-refractivity contribution in [2.45, 2.75) is 26.3 Å². The summed E-state index contributed by atoms with van der Waals surface area (Å²) in [5.74, 6) is 0.365. The Hall–Kier alpha value is -4.63. The van der Waals surface area contributed by atoms with E-state index in [1.807, 2.05) is 97.2 Å². The predicted octanol–water partition coefficient (Wildman–Crippen LogP) is 5.94. The van der Waals surface area contributed by atoms with Gasteiger partial charge in [0.05, 0.1) is 18.0 Å². The minimum absolute atomic E-state index is 0.0133. The van der Waals surface area contributed by atoms with Crippen molar-refractivity contribution in [1.29, 1.82) is 5.26 Å². The van der Waals surface area contributed by atoms with Gasteiger partial charge < -0.3 is 10.1 Å². The van der Waals surface area contributed by atoms with Crippen LogP contribution in [0.15, 0.2) is 96.7 Å². The van der Waals surface area contributed by atoms with Crippen molar-refractivity contribution in [2.24, 2.45) is 0 Å². The molecule has 6 nitrogen and oxygen atoms in total. The fraction of sp³-hybridized carbons (Fsp3) is 0.167. The number of para-hydroxylation sites is 1. The fourth-order valence-corrected chi connectivity index (χ4v) is 3.65. The molecule has 4 rings (SSSR count). The van der Waals surface area contributed by atoms with Gasteiger partial charge >= 0.3 is 0 Å². The van der Waals surface area contributed by atoms with Gasteiger partial charge in [-0.1, -0.05) is 61.9 Å². The second-order valence-corrected chi connectivity index (χ2v) is 8.28. The summed E-state index contributed by atoms with van der Waals surface area (Å²) in [6, 6.07) is 29.1. The van der Waals surface area contributed by atoms with Gasteiger partial charge in [-0.15, -0.1) is 0 Å². The molecule has 0 unspecified atom stereocenters. The lowest BCUT2D eigenvalue weighted by Gasteiger charge is -2.06. The fourth-order valence-electron chi connectivity index (χ4n) is 3.65. The zero-order chi connectivity index (χ0) is 25.2. The van der Waals surface area contributed by atoms with E-state index in [1.54, 1.807) is 10.8 Å². The summed E-state index contributed by atoms with van der Waals surface area (Å²) in [5.41, 5.74) is 4.06. The number of carbonyl (C=O) groups excluding carboxylic acids is 1. The molecule has 0 aliphatic rings. The van der Waals surface area contributed by atoms with Gasteiger partial charge in [0.2, 0.25) is 0 Å². The van der Waals surface area contributed by atoms with Crippen LogP contribution in [0.1, 0.15) is 30.9 Å². The molecule has 1 amide bonds. The van der Waals surface area contributed by atoms with Crippen LogP contribution >= 0.6 is 0 Å². The normalized spacial score (nSPS) is 11.1. The molecule has 0 fully saturated rings. The second kappa shape index (κ2) is 12.2. The van der Waals surface area contributed by atoms with Crippen LogP contribution in [0, 0.1) is 11.3 Å². The third kappa shape index (κ3) is 6.28. The first-order valence-corrected chi connectivity index (χ1v) is 12.0. The third-order valence-electron chi connectivity index (χ3n) is 5.62. The summed E-state index contributed by atoms with van der Waals surface area (Å²) < 4.78 is 7.54. The second-order valence-electron chi connectivity index (χ2n) is 8.28. The number of aromatic nitrogens is 2. The molecule has 0 radical (unpaired) electrons. The van der Waals surface area contributed by atoms with Crippen molar-refractivity contribution in [2.75, 3.05) is 6.61 Å². The van der Waals surface area contributed by atoms with E-state index in [0.29, 0.717) is 24.4 Å². The molecule has 4 aromatic rings. The number of hydrogen-bond donors (Lipinski definition) is 1. The first-order valence-electron chi connectivity index (χ1n) is 12.0. The van der Waals surface area contributed by atoms with Gasteiger partial charge in [-0.2, -0.15) is 10.4 Å². The van der Waals surface area contributed by atoms with Gasteiger partial charge in [-0.25, -0.2) is 4.68 Å². The third-order valence-corrected chi connectivity index (χ3v) is 5.62. The number of nitrogens with zero attached hydrogens (tertiary/aromatic N) is 3. The molecule has 36 heavy (non-hydrogen) atoms. The van der Waals surface area contributed by atoms with Gasteiger partial charge in [0.25, 0.3) is 5.91 Å². The number of amides is 1. The van der Waals surface area contributed by atoms with E-state index in [-0.39, 0.29) is 5.57 Å². The molecule has 0 bridgehead atoms. The summed E-state index contributed by atoms with van der Waals surface area (Å²) in [5, 5.41) is 17.4. The van der Waals surface area contributed by atoms with Gasteiger partial charge in [0, 0.05) is 23.9 Å². The lowest BCUT2D eigenvalue weighted by atomic mass is 10.1. The average molecular weight is 477 g/mol. The topological polar surface area (TPSA) is 79.9 Å². The molecule has 0 saturated carbocycles. The molecule has 0 aliphatic carbocycles. The Bertz CT molecular complexity index is 1350. The minimum atomic E-state index is -0.431. The predicted molar refractivity (Wildman–Crippen MR) is 141 cm³/mol. The zero-order valence-electron chi connectivity index (χ0n) is 20.2. The maximum Gasteiger partial charge on any atom is 0.262 e. The molecule has 0 aliphatic heterocycles. The molecule has 0 atom stereocenters. The van der Waals surface area contributed by atoms with E-state index >= 15 is 0 Å². The summed E-state index contributed by atoms with van der Waals surface area (Å²) in [4.78, 5) is 12.8. The standard InChI is InChI=1S/C30H28N4O2/c1-2-3-18-36-28-16-14-24(15-17-28)29-26(22-34(33-29)27-12-8-5-9-13-27)19-25(20-31)30(35)32-21-23-10-6-4-7-11-23/h4-17,19,22H,2-3,18,21H2,1H3,(H,32,35). The summed E-state index contributed by atoms with van der Waals surface area (Å²) in [6.07, 6.45) is 5.50. The Morgan fingerprint density at radius 3 is 2.39 bits per heavy atom. The molecule has 180 valence electrons. The Labute approximate surface area is 211 Å². The highest BCUT2D eigenvalue weighted by atomic mass is 16.5. The van der Waals surface area contributed by atoms with Crippen LogP contribution in [-0.2, 0) is 11.3 Å². The van der Waals surface area contributed by atoms with Crippen LogP contribution < -0.4 is 10.1 Å². The van der Waals surface area contributed by atoms with Gasteiger partial charge in [-0.05, 0) is 54.5 Å². The summed E-state index contributed by atoms with van der Waals surface area (Å²) >= 11 is 0.